The first-order chi connectivity index (χ1) is 23.7. The fourth-order valence-electron chi connectivity index (χ4n) is 6.32. The minimum absolute atomic E-state index is 0.0154. The van der Waals surface area contributed by atoms with Crippen LogP contribution in [0.4, 0.5) is 22.7 Å². The molecule has 0 aromatic heterocycles. The SMILES string of the molecule is CNc1cc(OCc2cc(COc3cc4c(cc3OC)C(=O)N3c5ccccc5CC3CN4)cc(NC(=O)C(C)NC)c2)c(OC)cc1C. The zero-order chi connectivity index (χ0) is 34.7. The number of rotatable bonds is 12. The second-order valence-electron chi connectivity index (χ2n) is 12.3. The summed E-state index contributed by atoms with van der Waals surface area (Å²) in [7, 11) is 6.77. The standard InChI is InChI=1S/C38H43N5O6/c1-22-11-33(46-5)35(17-30(22)40-4)48-20-24-12-25(14-27(13-24)42-37(44)23(2)39-3)21-49-36-18-31-29(16-34(36)47-6)38(45)43-28(19-41-31)15-26-9-7-8-10-32(26)43/h7-14,16-18,23,28,39-41H,15,19-21H2,1-6H3,(H,42,44). The highest BCUT2D eigenvalue weighted by atomic mass is 16.5. The number of nitrogens with one attached hydrogen (secondary N) is 4. The van der Waals surface area contributed by atoms with E-state index in [4.69, 9.17) is 18.9 Å². The lowest BCUT2D eigenvalue weighted by atomic mass is 10.1. The summed E-state index contributed by atoms with van der Waals surface area (Å²) in [5, 5.41) is 12.6. The van der Waals surface area contributed by atoms with Crippen molar-refractivity contribution in [3.8, 4) is 23.0 Å². The molecule has 4 aromatic carbocycles. The van der Waals surface area contributed by atoms with Gasteiger partial charge in [-0.15, -0.1) is 0 Å². The summed E-state index contributed by atoms with van der Waals surface area (Å²) in [5.41, 5.74) is 7.54. The molecule has 0 aliphatic carbocycles. The average molecular weight is 666 g/mol. The third-order valence-electron chi connectivity index (χ3n) is 9.07. The minimum atomic E-state index is -0.389. The molecule has 2 atom stereocenters. The first-order valence-electron chi connectivity index (χ1n) is 16.3. The van der Waals surface area contributed by atoms with E-state index in [0.29, 0.717) is 46.5 Å². The molecule has 0 radical (unpaired) electrons. The Hall–Kier alpha value is -5.42. The molecule has 0 bridgehead atoms. The number of methoxy groups -OCH3 is 2. The molecular formula is C38H43N5O6. The molecule has 11 heteroatoms. The Morgan fingerprint density at radius 2 is 1.59 bits per heavy atom. The van der Waals surface area contributed by atoms with Crippen LogP contribution < -0.4 is 45.1 Å². The van der Waals surface area contributed by atoms with Crippen molar-refractivity contribution in [1.82, 2.24) is 5.32 Å². The first-order valence-corrected chi connectivity index (χ1v) is 16.3. The maximum atomic E-state index is 13.9. The second kappa shape index (κ2) is 14.4. The monoisotopic (exact) mass is 665 g/mol. The van der Waals surface area contributed by atoms with Gasteiger partial charge >= 0.3 is 0 Å². The molecule has 2 aliphatic rings. The van der Waals surface area contributed by atoms with Crippen molar-refractivity contribution in [2.24, 2.45) is 0 Å². The summed E-state index contributed by atoms with van der Waals surface area (Å²) in [6.07, 6.45) is 0.794. The quantitative estimate of drug-likeness (QED) is 0.150. The Balaban J connectivity index is 1.26. The highest BCUT2D eigenvalue weighted by Crippen LogP contribution is 2.41. The number of benzene rings is 4. The number of anilines is 4. The van der Waals surface area contributed by atoms with Crippen molar-refractivity contribution in [2.45, 2.75) is 45.6 Å². The highest BCUT2D eigenvalue weighted by molar-refractivity contribution is 6.12. The van der Waals surface area contributed by atoms with Gasteiger partial charge in [-0.25, -0.2) is 0 Å². The fraction of sp³-hybridized carbons (Fsp3) is 0.316. The lowest BCUT2D eigenvalue weighted by Crippen LogP contribution is -2.39. The van der Waals surface area contributed by atoms with E-state index in [-0.39, 0.29) is 37.1 Å². The molecular weight excluding hydrogens is 622 g/mol. The zero-order valence-electron chi connectivity index (χ0n) is 28.7. The van der Waals surface area contributed by atoms with Crippen LogP contribution in [0.1, 0.15) is 39.5 Å². The lowest BCUT2D eigenvalue weighted by molar-refractivity contribution is -0.117. The molecule has 0 spiro atoms. The molecule has 0 saturated heterocycles. The van der Waals surface area contributed by atoms with Crippen LogP contribution in [-0.2, 0) is 24.4 Å². The molecule has 4 aromatic rings. The van der Waals surface area contributed by atoms with E-state index in [2.05, 4.69) is 27.3 Å². The summed E-state index contributed by atoms with van der Waals surface area (Å²) < 4.78 is 23.9. The Bertz CT molecular complexity index is 1880. The smallest absolute Gasteiger partial charge is 0.260 e. The number of nitrogens with zero attached hydrogens (tertiary/aromatic N) is 1. The van der Waals surface area contributed by atoms with Crippen molar-refractivity contribution < 1.29 is 28.5 Å². The van der Waals surface area contributed by atoms with Gasteiger partial charge in [-0.1, -0.05) is 18.2 Å². The van der Waals surface area contributed by atoms with Crippen LogP contribution in [0.5, 0.6) is 23.0 Å². The normalized spacial score (nSPS) is 15.2. The summed E-state index contributed by atoms with van der Waals surface area (Å²) in [5.74, 6) is 1.91. The highest BCUT2D eigenvalue weighted by Gasteiger charge is 2.37. The summed E-state index contributed by atoms with van der Waals surface area (Å²) in [6.45, 7) is 4.79. The average Bonchev–Trinajstić information content (AvgIpc) is 3.43. The Labute approximate surface area is 286 Å². The number of amides is 2. The van der Waals surface area contributed by atoms with Crippen LogP contribution >= 0.6 is 0 Å². The number of carbonyl (C=O) groups excluding carboxylic acids is 2. The van der Waals surface area contributed by atoms with Gasteiger partial charge in [0.1, 0.15) is 13.2 Å². The van der Waals surface area contributed by atoms with Crippen molar-refractivity contribution in [2.75, 3.05) is 55.7 Å². The molecule has 2 amide bonds. The minimum Gasteiger partial charge on any atom is -0.493 e. The molecule has 2 heterocycles. The largest absolute Gasteiger partial charge is 0.493 e. The molecule has 49 heavy (non-hydrogen) atoms. The van der Waals surface area contributed by atoms with Gasteiger partial charge in [-0.2, -0.15) is 0 Å². The number of hydrogen-bond acceptors (Lipinski definition) is 9. The zero-order valence-corrected chi connectivity index (χ0v) is 28.7. The van der Waals surface area contributed by atoms with Gasteiger partial charge in [-0.05, 0) is 86.0 Å². The number of hydrogen-bond donors (Lipinski definition) is 4. The van der Waals surface area contributed by atoms with E-state index in [9.17, 15) is 9.59 Å². The van der Waals surface area contributed by atoms with Crippen molar-refractivity contribution >= 4 is 34.6 Å². The molecule has 4 N–H and O–H groups in total. The van der Waals surface area contributed by atoms with E-state index >= 15 is 0 Å². The summed E-state index contributed by atoms with van der Waals surface area (Å²) >= 11 is 0. The molecule has 11 nitrogen and oxygen atoms in total. The first kappa shape index (κ1) is 33.5. The maximum absolute atomic E-state index is 13.9. The molecule has 0 fully saturated rings. The Morgan fingerprint density at radius 3 is 2.27 bits per heavy atom. The van der Waals surface area contributed by atoms with Crippen LogP contribution in [0.3, 0.4) is 0 Å². The van der Waals surface area contributed by atoms with Gasteiger partial charge < -0.3 is 45.1 Å². The third-order valence-corrected chi connectivity index (χ3v) is 9.07. The van der Waals surface area contributed by atoms with E-state index < -0.39 is 0 Å². The van der Waals surface area contributed by atoms with E-state index in [1.54, 1.807) is 34.3 Å². The van der Waals surface area contributed by atoms with Crippen LogP contribution in [0.2, 0.25) is 0 Å². The molecule has 2 unspecified atom stereocenters. The third kappa shape index (κ3) is 6.93. The van der Waals surface area contributed by atoms with Crippen LogP contribution in [0.15, 0.2) is 66.7 Å². The topological polar surface area (TPSA) is 122 Å². The predicted molar refractivity (Wildman–Crippen MR) is 192 cm³/mol. The van der Waals surface area contributed by atoms with E-state index in [1.165, 1.54) is 5.56 Å². The number of aryl methyl sites for hydroxylation is 1. The number of ether oxygens (including phenoxy) is 4. The van der Waals surface area contributed by atoms with Crippen LogP contribution in [0.25, 0.3) is 0 Å². The van der Waals surface area contributed by atoms with Crippen molar-refractivity contribution in [3.63, 3.8) is 0 Å². The van der Waals surface area contributed by atoms with Crippen molar-refractivity contribution in [3.05, 3.63) is 94.5 Å². The lowest BCUT2D eigenvalue weighted by Gasteiger charge is -2.22. The van der Waals surface area contributed by atoms with Gasteiger partial charge in [0, 0.05) is 42.8 Å². The molecule has 6 rings (SSSR count). The van der Waals surface area contributed by atoms with Gasteiger partial charge in [0.2, 0.25) is 5.91 Å². The van der Waals surface area contributed by atoms with Crippen molar-refractivity contribution in [1.29, 1.82) is 0 Å². The van der Waals surface area contributed by atoms with E-state index in [1.807, 2.05) is 73.5 Å². The van der Waals surface area contributed by atoms with Gasteiger partial charge in [0.15, 0.2) is 23.0 Å². The predicted octanol–water partition coefficient (Wildman–Crippen LogP) is 5.76. The molecule has 2 aliphatic heterocycles. The van der Waals surface area contributed by atoms with Crippen LogP contribution in [0, 0.1) is 6.92 Å². The van der Waals surface area contributed by atoms with Gasteiger partial charge in [-0.3, -0.25) is 9.59 Å². The Morgan fingerprint density at radius 1 is 0.918 bits per heavy atom. The fourth-order valence-corrected chi connectivity index (χ4v) is 6.32. The number of likely N-dealkylation sites (N-methyl/N-ethyl adjacent to an activating group) is 1. The number of fused-ring (bicyclic) bond motifs is 4. The van der Waals surface area contributed by atoms with Crippen LogP contribution in [-0.4, -0.2) is 58.8 Å². The van der Waals surface area contributed by atoms with Gasteiger partial charge in [0.25, 0.3) is 5.91 Å². The van der Waals surface area contributed by atoms with E-state index in [0.717, 1.165) is 34.5 Å². The summed E-state index contributed by atoms with van der Waals surface area (Å²) in [6, 6.07) is 20.8. The maximum Gasteiger partial charge on any atom is 0.260 e. The Kier molecular flexibility index (Phi) is 9.82. The molecule has 256 valence electrons. The summed E-state index contributed by atoms with van der Waals surface area (Å²) in [4.78, 5) is 28.6. The van der Waals surface area contributed by atoms with Gasteiger partial charge in [0.05, 0.1) is 37.6 Å². The number of para-hydroxylation sites is 1. The number of carbonyl (C=O) groups is 2. The second-order valence-corrected chi connectivity index (χ2v) is 12.3. The molecule has 0 saturated carbocycles.